The highest BCUT2D eigenvalue weighted by molar-refractivity contribution is 8.00. The standard InChI is InChI=1S/C19H21NO4S/c1-14-5-3-4-6-17(14)25-13-19(22)24-12-18(21)20-11-15-7-9-16(23-2)10-8-15/h3-10H,11-13H2,1-2H3,(H,20,21). The first-order chi connectivity index (χ1) is 12.1. The second-order valence-corrected chi connectivity index (χ2v) is 6.36. The lowest BCUT2D eigenvalue weighted by molar-refractivity contribution is -0.145. The van der Waals surface area contributed by atoms with Crippen LogP contribution < -0.4 is 10.1 Å². The van der Waals surface area contributed by atoms with Crippen LogP contribution in [0.4, 0.5) is 0 Å². The van der Waals surface area contributed by atoms with Crippen molar-refractivity contribution in [2.24, 2.45) is 0 Å². The molecule has 0 aromatic heterocycles. The van der Waals surface area contributed by atoms with Gasteiger partial charge in [-0.25, -0.2) is 0 Å². The van der Waals surface area contributed by atoms with E-state index in [1.54, 1.807) is 7.11 Å². The van der Waals surface area contributed by atoms with E-state index >= 15 is 0 Å². The summed E-state index contributed by atoms with van der Waals surface area (Å²) in [6.07, 6.45) is 0. The van der Waals surface area contributed by atoms with Gasteiger partial charge in [0.25, 0.3) is 5.91 Å². The van der Waals surface area contributed by atoms with Crippen LogP contribution in [0.1, 0.15) is 11.1 Å². The fraction of sp³-hybridized carbons (Fsp3) is 0.263. The summed E-state index contributed by atoms with van der Waals surface area (Å²) in [5.41, 5.74) is 2.05. The van der Waals surface area contributed by atoms with Crippen molar-refractivity contribution in [2.45, 2.75) is 18.4 Å². The van der Waals surface area contributed by atoms with Crippen molar-refractivity contribution in [2.75, 3.05) is 19.5 Å². The molecule has 0 radical (unpaired) electrons. The van der Waals surface area contributed by atoms with Gasteiger partial charge in [-0.15, -0.1) is 11.8 Å². The second-order valence-electron chi connectivity index (χ2n) is 5.34. The molecule has 2 aromatic carbocycles. The van der Waals surface area contributed by atoms with E-state index in [1.165, 1.54) is 11.8 Å². The van der Waals surface area contributed by atoms with E-state index < -0.39 is 5.97 Å². The molecule has 0 spiro atoms. The number of nitrogens with one attached hydrogen (secondary N) is 1. The maximum atomic E-state index is 11.8. The molecule has 0 saturated heterocycles. The molecule has 0 heterocycles. The van der Waals surface area contributed by atoms with Crippen LogP contribution in [0.15, 0.2) is 53.4 Å². The van der Waals surface area contributed by atoms with Crippen molar-refractivity contribution in [3.05, 3.63) is 59.7 Å². The van der Waals surface area contributed by atoms with E-state index in [1.807, 2.05) is 55.5 Å². The molecule has 1 amide bonds. The number of ether oxygens (including phenoxy) is 2. The van der Waals surface area contributed by atoms with Crippen molar-refractivity contribution in [3.8, 4) is 5.75 Å². The van der Waals surface area contributed by atoms with Gasteiger partial charge in [-0.05, 0) is 36.2 Å². The summed E-state index contributed by atoms with van der Waals surface area (Å²) in [5.74, 6) is 0.199. The van der Waals surface area contributed by atoms with Crippen molar-refractivity contribution >= 4 is 23.6 Å². The fourth-order valence-corrected chi connectivity index (χ4v) is 2.87. The Morgan fingerprint density at radius 3 is 2.48 bits per heavy atom. The van der Waals surface area contributed by atoms with Crippen LogP contribution in [0, 0.1) is 6.92 Å². The molecule has 0 aliphatic rings. The molecule has 0 aliphatic carbocycles. The Morgan fingerprint density at radius 2 is 1.80 bits per heavy atom. The highest BCUT2D eigenvalue weighted by atomic mass is 32.2. The fourth-order valence-electron chi connectivity index (χ4n) is 2.04. The number of hydrogen-bond donors (Lipinski definition) is 1. The third-order valence-electron chi connectivity index (χ3n) is 3.45. The molecule has 5 nitrogen and oxygen atoms in total. The van der Waals surface area contributed by atoms with Gasteiger partial charge in [-0.2, -0.15) is 0 Å². The molecular formula is C19H21NO4S. The van der Waals surface area contributed by atoms with Crippen molar-refractivity contribution < 1.29 is 19.1 Å². The zero-order chi connectivity index (χ0) is 18.1. The van der Waals surface area contributed by atoms with Crippen LogP contribution in [0.5, 0.6) is 5.75 Å². The molecule has 2 rings (SSSR count). The number of benzene rings is 2. The molecule has 0 fully saturated rings. The Balaban J connectivity index is 1.66. The summed E-state index contributed by atoms with van der Waals surface area (Å²) < 4.78 is 10.1. The molecule has 2 aromatic rings. The van der Waals surface area contributed by atoms with Crippen molar-refractivity contribution in [3.63, 3.8) is 0 Å². The van der Waals surface area contributed by atoms with Crippen LogP contribution >= 0.6 is 11.8 Å². The number of carbonyl (C=O) groups is 2. The maximum Gasteiger partial charge on any atom is 0.316 e. The van der Waals surface area contributed by atoms with Gasteiger partial charge in [0.15, 0.2) is 6.61 Å². The van der Waals surface area contributed by atoms with Gasteiger partial charge in [0.2, 0.25) is 0 Å². The second kappa shape index (κ2) is 9.74. The number of rotatable bonds is 8. The Kier molecular flexibility index (Phi) is 7.35. The van der Waals surface area contributed by atoms with Gasteiger partial charge in [-0.1, -0.05) is 30.3 Å². The average Bonchev–Trinajstić information content (AvgIpc) is 2.64. The van der Waals surface area contributed by atoms with Crippen LogP contribution in [-0.4, -0.2) is 31.3 Å². The smallest absolute Gasteiger partial charge is 0.316 e. The number of carbonyl (C=O) groups excluding carboxylic acids is 2. The lowest BCUT2D eigenvalue weighted by atomic mass is 10.2. The largest absolute Gasteiger partial charge is 0.497 e. The average molecular weight is 359 g/mol. The number of aryl methyl sites for hydroxylation is 1. The van der Waals surface area contributed by atoms with E-state index in [-0.39, 0.29) is 18.3 Å². The van der Waals surface area contributed by atoms with Crippen LogP contribution in [0.25, 0.3) is 0 Å². The van der Waals surface area contributed by atoms with Gasteiger partial charge >= 0.3 is 5.97 Å². The Morgan fingerprint density at radius 1 is 1.08 bits per heavy atom. The van der Waals surface area contributed by atoms with Crippen molar-refractivity contribution in [1.29, 1.82) is 0 Å². The highest BCUT2D eigenvalue weighted by Gasteiger charge is 2.09. The van der Waals surface area contributed by atoms with Gasteiger partial charge in [0.1, 0.15) is 5.75 Å². The molecule has 25 heavy (non-hydrogen) atoms. The van der Waals surface area contributed by atoms with Gasteiger partial charge < -0.3 is 14.8 Å². The zero-order valence-corrected chi connectivity index (χ0v) is 15.1. The molecular weight excluding hydrogens is 338 g/mol. The minimum absolute atomic E-state index is 0.177. The van der Waals surface area contributed by atoms with Crippen LogP contribution in [0.3, 0.4) is 0 Å². The first-order valence-corrected chi connectivity index (χ1v) is 8.80. The van der Waals surface area contributed by atoms with Crippen molar-refractivity contribution in [1.82, 2.24) is 5.32 Å². The Hall–Kier alpha value is -2.47. The number of amides is 1. The Labute approximate surface area is 151 Å². The third kappa shape index (κ3) is 6.51. The minimum Gasteiger partial charge on any atom is -0.497 e. The number of thioether (sulfide) groups is 1. The Bertz CT molecular complexity index is 716. The molecule has 0 bridgehead atoms. The molecule has 1 N–H and O–H groups in total. The summed E-state index contributed by atoms with van der Waals surface area (Å²) in [7, 11) is 1.60. The summed E-state index contributed by atoms with van der Waals surface area (Å²) in [5, 5.41) is 2.71. The lowest BCUT2D eigenvalue weighted by Crippen LogP contribution is -2.28. The van der Waals surface area contributed by atoms with Crippen LogP contribution in [0.2, 0.25) is 0 Å². The van der Waals surface area contributed by atoms with Gasteiger partial charge in [-0.3, -0.25) is 9.59 Å². The van der Waals surface area contributed by atoms with Gasteiger partial charge in [0.05, 0.1) is 12.9 Å². The van der Waals surface area contributed by atoms with E-state index in [4.69, 9.17) is 9.47 Å². The SMILES string of the molecule is COc1ccc(CNC(=O)COC(=O)CSc2ccccc2C)cc1. The molecule has 0 aliphatic heterocycles. The normalized spacial score (nSPS) is 10.2. The molecule has 0 unspecified atom stereocenters. The minimum atomic E-state index is -0.409. The summed E-state index contributed by atoms with van der Waals surface area (Å²) in [6, 6.07) is 15.2. The van der Waals surface area contributed by atoms with Crippen LogP contribution in [-0.2, 0) is 20.9 Å². The molecule has 6 heteroatoms. The van der Waals surface area contributed by atoms with E-state index in [0.29, 0.717) is 6.54 Å². The number of esters is 1. The predicted octanol–water partition coefficient (Wildman–Crippen LogP) is 2.96. The summed E-state index contributed by atoms with van der Waals surface area (Å²) in [6.45, 7) is 2.09. The van der Waals surface area contributed by atoms with E-state index in [0.717, 1.165) is 21.8 Å². The quantitative estimate of drug-likeness (QED) is 0.580. The lowest BCUT2D eigenvalue weighted by Gasteiger charge is -2.08. The van der Waals surface area contributed by atoms with Gasteiger partial charge in [0, 0.05) is 11.4 Å². The van der Waals surface area contributed by atoms with E-state index in [9.17, 15) is 9.59 Å². The molecule has 0 saturated carbocycles. The summed E-state index contributed by atoms with van der Waals surface area (Å²) in [4.78, 5) is 24.5. The predicted molar refractivity (Wildman–Crippen MR) is 97.7 cm³/mol. The number of methoxy groups -OCH3 is 1. The summed E-state index contributed by atoms with van der Waals surface area (Å²) >= 11 is 1.40. The monoisotopic (exact) mass is 359 g/mol. The first-order valence-electron chi connectivity index (χ1n) is 7.82. The number of hydrogen-bond acceptors (Lipinski definition) is 5. The maximum absolute atomic E-state index is 11.8. The topological polar surface area (TPSA) is 64.6 Å². The highest BCUT2D eigenvalue weighted by Crippen LogP contribution is 2.21. The molecule has 132 valence electrons. The van der Waals surface area contributed by atoms with E-state index in [2.05, 4.69) is 5.32 Å². The third-order valence-corrected chi connectivity index (χ3v) is 4.60. The zero-order valence-electron chi connectivity index (χ0n) is 14.3. The molecule has 0 atom stereocenters. The first kappa shape index (κ1) is 18.9.